The summed E-state index contributed by atoms with van der Waals surface area (Å²) in [6, 6.07) is -0.0380. The molecule has 0 unspecified atom stereocenters. The molecular formula is C10H20F2N2O2S. The van der Waals surface area contributed by atoms with Crippen molar-refractivity contribution < 1.29 is 17.2 Å². The average molecular weight is 270 g/mol. The Kier molecular flexibility index (Phi) is 5.27. The number of sulfonamides is 1. The van der Waals surface area contributed by atoms with Gasteiger partial charge in [0.25, 0.3) is 6.43 Å². The van der Waals surface area contributed by atoms with Crippen LogP contribution in [0.15, 0.2) is 0 Å². The number of hydrogen-bond donors (Lipinski definition) is 0. The molecule has 0 atom stereocenters. The Morgan fingerprint density at radius 2 is 1.88 bits per heavy atom. The molecule has 0 aliphatic carbocycles. The molecule has 0 saturated carbocycles. The lowest BCUT2D eigenvalue weighted by atomic mass is 10.1. The van der Waals surface area contributed by atoms with E-state index >= 15 is 0 Å². The quantitative estimate of drug-likeness (QED) is 0.748. The topological polar surface area (TPSA) is 40.6 Å². The largest absolute Gasteiger partial charge is 0.298 e. The van der Waals surface area contributed by atoms with Crippen LogP contribution in [0.2, 0.25) is 0 Å². The molecule has 0 aromatic carbocycles. The van der Waals surface area contributed by atoms with E-state index < -0.39 is 16.4 Å². The van der Waals surface area contributed by atoms with E-state index in [1.54, 1.807) is 11.8 Å². The van der Waals surface area contributed by atoms with Gasteiger partial charge in [-0.2, -0.15) is 4.31 Å². The van der Waals surface area contributed by atoms with Crippen molar-refractivity contribution in [3.8, 4) is 0 Å². The van der Waals surface area contributed by atoms with Crippen LogP contribution in [0, 0.1) is 0 Å². The molecule has 0 aromatic heterocycles. The van der Waals surface area contributed by atoms with E-state index in [1.165, 1.54) is 10.6 Å². The fourth-order valence-electron chi connectivity index (χ4n) is 2.35. The van der Waals surface area contributed by atoms with Gasteiger partial charge in [0.1, 0.15) is 0 Å². The second-order valence-electron chi connectivity index (χ2n) is 4.39. The van der Waals surface area contributed by atoms with Crippen molar-refractivity contribution in [1.29, 1.82) is 0 Å². The van der Waals surface area contributed by atoms with Gasteiger partial charge in [0, 0.05) is 12.6 Å². The monoisotopic (exact) mass is 270 g/mol. The summed E-state index contributed by atoms with van der Waals surface area (Å²) in [6.45, 7) is 3.12. The van der Waals surface area contributed by atoms with E-state index in [4.69, 9.17) is 0 Å². The second kappa shape index (κ2) is 6.06. The molecule has 0 N–H and O–H groups in total. The highest BCUT2D eigenvalue weighted by Gasteiger charge is 2.29. The standard InChI is InChI=1S/C10H20F2N2O2S/c1-3-14(17(2,15)16)9-4-6-13(7-5-9)8-10(11)12/h9-10H,3-8H2,1-2H3. The minimum Gasteiger partial charge on any atom is -0.298 e. The Morgan fingerprint density at radius 3 is 2.24 bits per heavy atom. The first-order chi connectivity index (χ1) is 7.84. The highest BCUT2D eigenvalue weighted by molar-refractivity contribution is 7.88. The summed E-state index contributed by atoms with van der Waals surface area (Å²) in [7, 11) is -3.19. The van der Waals surface area contributed by atoms with Crippen LogP contribution in [0.4, 0.5) is 8.78 Å². The Bertz CT molecular complexity index is 327. The molecule has 1 saturated heterocycles. The van der Waals surface area contributed by atoms with Crippen molar-refractivity contribution in [3.63, 3.8) is 0 Å². The Hall–Kier alpha value is -0.270. The van der Waals surface area contributed by atoms with Crippen LogP contribution in [0.3, 0.4) is 0 Å². The molecule has 0 bridgehead atoms. The van der Waals surface area contributed by atoms with Crippen molar-refractivity contribution in [2.24, 2.45) is 0 Å². The summed E-state index contributed by atoms with van der Waals surface area (Å²) >= 11 is 0. The maximum Gasteiger partial charge on any atom is 0.251 e. The summed E-state index contributed by atoms with van der Waals surface area (Å²) in [4.78, 5) is 1.69. The predicted molar refractivity (Wildman–Crippen MR) is 62.7 cm³/mol. The van der Waals surface area contributed by atoms with Crippen molar-refractivity contribution >= 4 is 10.0 Å². The third-order valence-corrected chi connectivity index (χ3v) is 4.51. The summed E-state index contributed by atoms with van der Waals surface area (Å²) in [5.74, 6) is 0. The second-order valence-corrected chi connectivity index (χ2v) is 6.32. The fourth-order valence-corrected chi connectivity index (χ4v) is 3.57. The summed E-state index contributed by atoms with van der Waals surface area (Å²) in [5, 5.41) is 0. The van der Waals surface area contributed by atoms with E-state index in [-0.39, 0.29) is 12.6 Å². The molecule has 0 amide bonds. The highest BCUT2D eigenvalue weighted by atomic mass is 32.2. The van der Waals surface area contributed by atoms with Gasteiger partial charge in [-0.3, -0.25) is 4.90 Å². The van der Waals surface area contributed by atoms with Crippen molar-refractivity contribution in [2.45, 2.75) is 32.2 Å². The average Bonchev–Trinajstić information content (AvgIpc) is 2.18. The molecule has 4 nitrogen and oxygen atoms in total. The van der Waals surface area contributed by atoms with Crippen LogP contribution in [0.25, 0.3) is 0 Å². The van der Waals surface area contributed by atoms with Crippen molar-refractivity contribution in [2.75, 3.05) is 32.4 Å². The smallest absolute Gasteiger partial charge is 0.251 e. The van der Waals surface area contributed by atoms with Gasteiger partial charge in [-0.1, -0.05) is 6.92 Å². The zero-order valence-electron chi connectivity index (χ0n) is 10.3. The van der Waals surface area contributed by atoms with Crippen LogP contribution >= 0.6 is 0 Å². The lowest BCUT2D eigenvalue weighted by Gasteiger charge is -2.36. The molecule has 0 aromatic rings. The van der Waals surface area contributed by atoms with Gasteiger partial charge in [-0.05, 0) is 25.9 Å². The van der Waals surface area contributed by atoms with Crippen LogP contribution < -0.4 is 0 Å². The Morgan fingerprint density at radius 1 is 1.35 bits per heavy atom. The molecule has 102 valence electrons. The molecule has 1 fully saturated rings. The van der Waals surface area contributed by atoms with E-state index in [2.05, 4.69) is 0 Å². The molecule has 1 aliphatic rings. The maximum absolute atomic E-state index is 12.2. The van der Waals surface area contributed by atoms with Gasteiger partial charge >= 0.3 is 0 Å². The van der Waals surface area contributed by atoms with Crippen molar-refractivity contribution in [1.82, 2.24) is 9.21 Å². The first-order valence-electron chi connectivity index (χ1n) is 5.82. The van der Waals surface area contributed by atoms with Gasteiger partial charge < -0.3 is 0 Å². The zero-order chi connectivity index (χ0) is 13.1. The third kappa shape index (κ3) is 4.48. The lowest BCUT2D eigenvalue weighted by molar-refractivity contribution is 0.0662. The normalized spacial score (nSPS) is 20.4. The number of hydrogen-bond acceptors (Lipinski definition) is 3. The molecule has 1 heterocycles. The predicted octanol–water partition coefficient (Wildman–Crippen LogP) is 0.997. The van der Waals surface area contributed by atoms with Gasteiger partial charge in [-0.15, -0.1) is 0 Å². The van der Waals surface area contributed by atoms with Crippen LogP contribution in [0.5, 0.6) is 0 Å². The van der Waals surface area contributed by atoms with E-state index in [9.17, 15) is 17.2 Å². The Balaban J connectivity index is 2.51. The number of piperidine rings is 1. The minimum atomic E-state index is -3.19. The maximum atomic E-state index is 12.2. The van der Waals surface area contributed by atoms with E-state index in [0.717, 1.165) is 0 Å². The number of nitrogens with zero attached hydrogens (tertiary/aromatic N) is 2. The zero-order valence-corrected chi connectivity index (χ0v) is 11.1. The SMILES string of the molecule is CCN(C1CCN(CC(F)F)CC1)S(C)(=O)=O. The van der Waals surface area contributed by atoms with E-state index in [1.807, 2.05) is 0 Å². The molecule has 1 rings (SSSR count). The molecule has 0 radical (unpaired) electrons. The molecule has 17 heavy (non-hydrogen) atoms. The lowest BCUT2D eigenvalue weighted by Crippen LogP contribution is -2.47. The number of rotatable bonds is 5. The molecule has 7 heteroatoms. The van der Waals surface area contributed by atoms with Crippen LogP contribution in [0.1, 0.15) is 19.8 Å². The van der Waals surface area contributed by atoms with Crippen molar-refractivity contribution in [3.05, 3.63) is 0 Å². The first kappa shape index (κ1) is 14.8. The van der Waals surface area contributed by atoms with Crippen LogP contribution in [-0.2, 0) is 10.0 Å². The molecule has 0 spiro atoms. The summed E-state index contributed by atoms with van der Waals surface area (Å²) in [6.07, 6.45) is 0.146. The highest BCUT2D eigenvalue weighted by Crippen LogP contribution is 2.19. The van der Waals surface area contributed by atoms with Gasteiger partial charge in [-0.25, -0.2) is 17.2 Å². The summed E-state index contributed by atoms with van der Waals surface area (Å²) in [5.41, 5.74) is 0. The number of halogens is 2. The van der Waals surface area contributed by atoms with Gasteiger partial charge in [0.2, 0.25) is 10.0 Å². The summed E-state index contributed by atoms with van der Waals surface area (Å²) < 4.78 is 48.9. The third-order valence-electron chi connectivity index (χ3n) is 3.10. The fraction of sp³-hybridized carbons (Fsp3) is 1.00. The van der Waals surface area contributed by atoms with Gasteiger partial charge in [0.05, 0.1) is 12.8 Å². The minimum absolute atomic E-state index is 0.0380. The van der Waals surface area contributed by atoms with E-state index in [0.29, 0.717) is 32.5 Å². The first-order valence-corrected chi connectivity index (χ1v) is 7.66. The Labute approximate surface area is 102 Å². The molecular weight excluding hydrogens is 250 g/mol. The van der Waals surface area contributed by atoms with Gasteiger partial charge in [0.15, 0.2) is 0 Å². The molecule has 1 aliphatic heterocycles. The number of alkyl halides is 2. The number of likely N-dealkylation sites (tertiary alicyclic amines) is 1. The van der Waals surface area contributed by atoms with Crippen LogP contribution in [-0.4, -0.2) is 62.5 Å².